The van der Waals surface area contributed by atoms with Gasteiger partial charge in [-0.2, -0.15) is 0 Å². The minimum absolute atomic E-state index is 0.164. The van der Waals surface area contributed by atoms with E-state index in [1.165, 1.54) is 11.1 Å². The van der Waals surface area contributed by atoms with Crippen LogP contribution in [0.3, 0.4) is 0 Å². The fourth-order valence-electron chi connectivity index (χ4n) is 5.38. The van der Waals surface area contributed by atoms with Crippen LogP contribution in [0.25, 0.3) is 0 Å². The molecule has 34 heavy (non-hydrogen) atoms. The second kappa shape index (κ2) is 10.7. The molecule has 2 aliphatic heterocycles. The molecule has 2 aromatic rings. The molecule has 0 atom stereocenters. The van der Waals surface area contributed by atoms with Gasteiger partial charge in [0.25, 0.3) is 0 Å². The highest BCUT2D eigenvalue weighted by atomic mass is 16.5. The number of hydrogen-bond acceptors (Lipinski definition) is 5. The van der Waals surface area contributed by atoms with Gasteiger partial charge in [0.2, 0.25) is 5.91 Å². The third-order valence-electron chi connectivity index (χ3n) is 7.12. The maximum Gasteiger partial charge on any atom is 0.226 e. The van der Waals surface area contributed by atoms with Crippen LogP contribution in [0.1, 0.15) is 49.8 Å². The first-order valence-corrected chi connectivity index (χ1v) is 12.4. The number of ether oxygens (including phenoxy) is 3. The molecule has 0 unspecified atom stereocenters. The van der Waals surface area contributed by atoms with Gasteiger partial charge in [-0.1, -0.05) is 26.0 Å². The molecule has 1 amide bonds. The molecule has 6 heteroatoms. The number of fused-ring (bicyclic) bond motifs is 1. The third-order valence-corrected chi connectivity index (χ3v) is 7.12. The third kappa shape index (κ3) is 5.66. The molecule has 4 rings (SSSR count). The van der Waals surface area contributed by atoms with Crippen LogP contribution in [0.5, 0.6) is 17.2 Å². The molecule has 6 nitrogen and oxygen atoms in total. The van der Waals surface area contributed by atoms with Crippen molar-refractivity contribution >= 4 is 5.91 Å². The smallest absolute Gasteiger partial charge is 0.226 e. The Morgan fingerprint density at radius 2 is 1.76 bits per heavy atom. The number of likely N-dealkylation sites (tertiary alicyclic amines) is 1. The van der Waals surface area contributed by atoms with Crippen LogP contribution in [-0.4, -0.2) is 44.7 Å². The standard InChI is InChI=1S/C28H38N2O4/c1-20(2)17-28(27(31)29-18-22-14-24(32-3)16-25(15-22)33-4)8-10-30(11-9-28)19-21-5-6-26-23(13-21)7-12-34-26/h5-6,13-16,20H,7-12,17-19H2,1-4H3,(H,29,31). The highest BCUT2D eigenvalue weighted by Crippen LogP contribution is 2.39. The van der Waals surface area contributed by atoms with E-state index in [-0.39, 0.29) is 11.3 Å². The highest BCUT2D eigenvalue weighted by molar-refractivity contribution is 5.82. The summed E-state index contributed by atoms with van der Waals surface area (Å²) in [6, 6.07) is 12.3. The average Bonchev–Trinajstić information content (AvgIpc) is 3.31. The van der Waals surface area contributed by atoms with Gasteiger partial charge < -0.3 is 19.5 Å². The number of rotatable bonds is 9. The molecule has 1 fully saturated rings. The lowest BCUT2D eigenvalue weighted by atomic mass is 9.72. The molecular formula is C28H38N2O4. The van der Waals surface area contributed by atoms with Crippen LogP contribution in [0.15, 0.2) is 36.4 Å². The predicted octanol–water partition coefficient (Wildman–Crippen LogP) is 4.58. The Morgan fingerprint density at radius 1 is 1.06 bits per heavy atom. The molecule has 0 bridgehead atoms. The Morgan fingerprint density at radius 3 is 2.41 bits per heavy atom. The molecular weight excluding hydrogens is 428 g/mol. The van der Waals surface area contributed by atoms with Crippen molar-refractivity contribution in [3.8, 4) is 17.2 Å². The summed E-state index contributed by atoms with van der Waals surface area (Å²) in [7, 11) is 3.28. The van der Waals surface area contributed by atoms with E-state index < -0.39 is 0 Å². The van der Waals surface area contributed by atoms with Crippen molar-refractivity contribution in [3.63, 3.8) is 0 Å². The van der Waals surface area contributed by atoms with Gasteiger partial charge in [0.05, 0.1) is 26.2 Å². The number of piperidine rings is 1. The number of carbonyl (C=O) groups is 1. The van der Waals surface area contributed by atoms with Gasteiger partial charge in [-0.25, -0.2) is 0 Å². The normalized spacial score (nSPS) is 17.2. The van der Waals surface area contributed by atoms with Crippen LogP contribution in [0, 0.1) is 11.3 Å². The summed E-state index contributed by atoms with van der Waals surface area (Å²) in [6.45, 7) is 8.46. The second-order valence-corrected chi connectivity index (χ2v) is 10.1. The van der Waals surface area contributed by atoms with Gasteiger partial charge in [-0.15, -0.1) is 0 Å². The molecule has 0 saturated carbocycles. The van der Waals surface area contributed by atoms with Gasteiger partial charge in [-0.05, 0) is 73.2 Å². The average molecular weight is 467 g/mol. The number of methoxy groups -OCH3 is 2. The van der Waals surface area contributed by atoms with Gasteiger partial charge in [0.15, 0.2) is 0 Å². The zero-order chi connectivity index (χ0) is 24.1. The predicted molar refractivity (Wildman–Crippen MR) is 133 cm³/mol. The van der Waals surface area contributed by atoms with E-state index in [9.17, 15) is 4.79 Å². The van der Waals surface area contributed by atoms with E-state index in [0.717, 1.165) is 74.7 Å². The molecule has 0 spiro atoms. The maximum atomic E-state index is 13.5. The summed E-state index contributed by atoms with van der Waals surface area (Å²) in [6.07, 6.45) is 3.67. The molecule has 0 aliphatic carbocycles. The Balaban J connectivity index is 1.39. The first-order valence-electron chi connectivity index (χ1n) is 12.4. The van der Waals surface area contributed by atoms with Crippen LogP contribution in [0.4, 0.5) is 0 Å². The molecule has 2 aromatic carbocycles. The quantitative estimate of drug-likeness (QED) is 0.586. The summed E-state index contributed by atoms with van der Waals surface area (Å²) in [5.41, 5.74) is 3.30. The second-order valence-electron chi connectivity index (χ2n) is 10.1. The van der Waals surface area contributed by atoms with Crippen LogP contribution in [-0.2, 0) is 24.3 Å². The number of hydrogen-bond donors (Lipinski definition) is 1. The maximum absolute atomic E-state index is 13.5. The number of carbonyl (C=O) groups excluding carboxylic acids is 1. The van der Waals surface area contributed by atoms with Crippen molar-refractivity contribution in [1.82, 2.24) is 10.2 Å². The van der Waals surface area contributed by atoms with Gasteiger partial charge in [0.1, 0.15) is 17.2 Å². The van der Waals surface area contributed by atoms with Gasteiger partial charge in [0, 0.05) is 25.6 Å². The van der Waals surface area contributed by atoms with Crippen LogP contribution in [0.2, 0.25) is 0 Å². The number of nitrogens with one attached hydrogen (secondary N) is 1. The van der Waals surface area contributed by atoms with Crippen molar-refractivity contribution in [2.45, 2.75) is 52.6 Å². The van der Waals surface area contributed by atoms with E-state index in [4.69, 9.17) is 14.2 Å². The number of amides is 1. The molecule has 2 aliphatic rings. The summed E-state index contributed by atoms with van der Waals surface area (Å²) in [5.74, 6) is 3.12. The molecule has 0 radical (unpaired) electrons. The van der Waals surface area contributed by atoms with Crippen LogP contribution >= 0.6 is 0 Å². The van der Waals surface area contributed by atoms with E-state index in [0.29, 0.717) is 12.5 Å². The zero-order valence-electron chi connectivity index (χ0n) is 21.0. The van der Waals surface area contributed by atoms with Crippen molar-refractivity contribution < 1.29 is 19.0 Å². The molecule has 2 heterocycles. The number of nitrogens with zero attached hydrogens (tertiary/aromatic N) is 1. The van der Waals surface area contributed by atoms with Crippen molar-refractivity contribution in [1.29, 1.82) is 0 Å². The van der Waals surface area contributed by atoms with Crippen molar-refractivity contribution in [2.24, 2.45) is 11.3 Å². The lowest BCUT2D eigenvalue weighted by molar-refractivity contribution is -0.135. The topological polar surface area (TPSA) is 60.0 Å². The summed E-state index contributed by atoms with van der Waals surface area (Å²) >= 11 is 0. The molecule has 1 N–H and O–H groups in total. The summed E-state index contributed by atoms with van der Waals surface area (Å²) in [4.78, 5) is 16.0. The Kier molecular flexibility index (Phi) is 7.67. The Bertz CT molecular complexity index is 974. The first kappa shape index (κ1) is 24.4. The Hall–Kier alpha value is -2.73. The van der Waals surface area contributed by atoms with Gasteiger partial charge >= 0.3 is 0 Å². The van der Waals surface area contributed by atoms with E-state index >= 15 is 0 Å². The van der Waals surface area contributed by atoms with Crippen molar-refractivity contribution in [2.75, 3.05) is 33.9 Å². The van der Waals surface area contributed by atoms with E-state index in [2.05, 4.69) is 42.3 Å². The highest BCUT2D eigenvalue weighted by Gasteiger charge is 2.41. The molecule has 0 aromatic heterocycles. The minimum atomic E-state index is -0.320. The zero-order valence-corrected chi connectivity index (χ0v) is 21.0. The fraction of sp³-hybridized carbons (Fsp3) is 0.536. The minimum Gasteiger partial charge on any atom is -0.497 e. The van der Waals surface area contributed by atoms with Gasteiger partial charge in [-0.3, -0.25) is 9.69 Å². The van der Waals surface area contributed by atoms with E-state index in [1.54, 1.807) is 14.2 Å². The first-order chi connectivity index (χ1) is 16.4. The largest absolute Gasteiger partial charge is 0.497 e. The summed E-state index contributed by atoms with van der Waals surface area (Å²) in [5, 5.41) is 3.23. The van der Waals surface area contributed by atoms with Crippen LogP contribution < -0.4 is 19.5 Å². The molecule has 1 saturated heterocycles. The SMILES string of the molecule is COc1cc(CNC(=O)C2(CC(C)C)CCN(Cc3ccc4c(c3)CCO4)CC2)cc(OC)c1. The lowest BCUT2D eigenvalue weighted by Gasteiger charge is -2.41. The Labute approximate surface area is 203 Å². The summed E-state index contributed by atoms with van der Waals surface area (Å²) < 4.78 is 16.4. The molecule has 184 valence electrons. The van der Waals surface area contributed by atoms with E-state index in [1.807, 2.05) is 18.2 Å². The lowest BCUT2D eigenvalue weighted by Crippen LogP contribution is -2.49. The fourth-order valence-corrected chi connectivity index (χ4v) is 5.38. The monoisotopic (exact) mass is 466 g/mol. The number of benzene rings is 2. The van der Waals surface area contributed by atoms with Crippen molar-refractivity contribution in [3.05, 3.63) is 53.1 Å².